The maximum absolute atomic E-state index is 13.4. The molecule has 5 nitrogen and oxygen atoms in total. The number of aromatic amines is 1. The molecule has 3 saturated carbocycles. The second-order valence-electron chi connectivity index (χ2n) is 11.3. The summed E-state index contributed by atoms with van der Waals surface area (Å²) in [7, 11) is 0. The number of nitrogens with zero attached hydrogens (tertiary/aromatic N) is 1. The summed E-state index contributed by atoms with van der Waals surface area (Å²) >= 11 is 0. The van der Waals surface area contributed by atoms with Gasteiger partial charge < -0.3 is 15.0 Å². The summed E-state index contributed by atoms with van der Waals surface area (Å²) in [6.45, 7) is 0.776. The van der Waals surface area contributed by atoms with E-state index in [2.05, 4.69) is 10.3 Å². The summed E-state index contributed by atoms with van der Waals surface area (Å²) in [6, 6.07) is 5.59. The molecule has 10 heteroatoms. The number of nitrogens with one attached hydrogen (secondary N) is 2. The first-order valence-electron chi connectivity index (χ1n) is 12.8. The Labute approximate surface area is 205 Å². The van der Waals surface area contributed by atoms with E-state index in [1.165, 1.54) is 4.90 Å². The Hall–Kier alpha value is -2.36. The third-order valence-electron chi connectivity index (χ3n) is 8.85. The molecule has 1 aliphatic heterocycles. The van der Waals surface area contributed by atoms with Crippen LogP contribution < -0.4 is 10.1 Å². The Bertz CT molecular complexity index is 1120. The van der Waals surface area contributed by atoms with Gasteiger partial charge in [0, 0.05) is 47.9 Å². The van der Waals surface area contributed by atoms with Gasteiger partial charge in [-0.15, -0.1) is 0 Å². The number of halogens is 5. The molecule has 6 rings (SSSR count). The summed E-state index contributed by atoms with van der Waals surface area (Å²) < 4.78 is 70.9. The number of carbonyl (C=O) groups is 1. The van der Waals surface area contributed by atoms with Crippen LogP contribution in [-0.4, -0.2) is 54.1 Å². The minimum Gasteiger partial charge on any atom is -0.494 e. The summed E-state index contributed by atoms with van der Waals surface area (Å²) in [5.74, 6) is -2.65. The van der Waals surface area contributed by atoms with Gasteiger partial charge in [-0.25, -0.2) is 8.78 Å². The molecule has 2 unspecified atom stereocenters. The highest BCUT2D eigenvalue weighted by atomic mass is 19.4. The molecule has 36 heavy (non-hydrogen) atoms. The van der Waals surface area contributed by atoms with E-state index in [-0.39, 0.29) is 24.7 Å². The normalized spacial score (nSPS) is 33.0. The van der Waals surface area contributed by atoms with Gasteiger partial charge in [0.2, 0.25) is 5.91 Å². The van der Waals surface area contributed by atoms with E-state index in [0.717, 1.165) is 30.2 Å². The first-order valence-corrected chi connectivity index (χ1v) is 12.8. The first kappa shape index (κ1) is 24.0. The van der Waals surface area contributed by atoms with E-state index >= 15 is 0 Å². The molecule has 4 fully saturated rings. The molecule has 4 aliphatic rings. The molecule has 1 amide bonds. The van der Waals surface area contributed by atoms with Crippen molar-refractivity contribution in [2.24, 2.45) is 35.5 Å². The van der Waals surface area contributed by atoms with Crippen molar-refractivity contribution in [3.8, 4) is 5.75 Å². The zero-order chi connectivity index (χ0) is 25.2. The highest BCUT2D eigenvalue weighted by molar-refractivity contribution is 6.02. The third-order valence-corrected chi connectivity index (χ3v) is 8.85. The Morgan fingerprint density at radius 3 is 2.47 bits per heavy atom. The SMILES string of the molecule is O=C(Nc1c[nH]c2ccc(OCC[C@@H]3C[C@@H]4CN(CC(F)(F)F)C[C@@H]4C3)cc12)C1CC2C(C1)C2(F)F. The number of rotatable bonds is 7. The van der Waals surface area contributed by atoms with Gasteiger partial charge >= 0.3 is 6.18 Å². The van der Waals surface area contributed by atoms with Crippen molar-refractivity contribution in [3.05, 3.63) is 24.4 Å². The lowest BCUT2D eigenvalue weighted by Crippen LogP contribution is -2.33. The van der Waals surface area contributed by atoms with Gasteiger partial charge in [-0.1, -0.05) is 0 Å². The minimum absolute atomic E-state index is 0.217. The predicted molar refractivity (Wildman–Crippen MR) is 124 cm³/mol. The lowest BCUT2D eigenvalue weighted by Gasteiger charge is -2.20. The zero-order valence-corrected chi connectivity index (χ0v) is 19.8. The number of benzene rings is 1. The van der Waals surface area contributed by atoms with Gasteiger partial charge in [-0.3, -0.25) is 9.69 Å². The second-order valence-corrected chi connectivity index (χ2v) is 11.3. The highest BCUT2D eigenvalue weighted by Crippen LogP contribution is 2.65. The van der Waals surface area contributed by atoms with Crippen molar-refractivity contribution in [2.45, 2.75) is 44.2 Å². The lowest BCUT2D eigenvalue weighted by molar-refractivity contribution is -0.144. The molecule has 1 aromatic carbocycles. The van der Waals surface area contributed by atoms with Crippen molar-refractivity contribution < 1.29 is 31.5 Å². The molecule has 0 spiro atoms. The molecule has 5 atom stereocenters. The van der Waals surface area contributed by atoms with Crippen LogP contribution in [0.4, 0.5) is 27.6 Å². The first-order chi connectivity index (χ1) is 17.1. The van der Waals surface area contributed by atoms with Crippen LogP contribution in [0.2, 0.25) is 0 Å². The summed E-state index contributed by atoms with van der Waals surface area (Å²) in [6.07, 6.45) is 0.802. The fourth-order valence-corrected chi connectivity index (χ4v) is 7.04. The number of likely N-dealkylation sites (tertiary alicyclic amines) is 1. The number of H-pyrrole nitrogens is 1. The molecule has 0 bridgehead atoms. The van der Waals surface area contributed by atoms with Crippen LogP contribution in [0.5, 0.6) is 5.75 Å². The molecule has 2 heterocycles. The molecule has 2 aromatic rings. The Balaban J connectivity index is 0.991. The third kappa shape index (κ3) is 4.57. The number of alkyl halides is 5. The van der Waals surface area contributed by atoms with Crippen LogP contribution in [0, 0.1) is 35.5 Å². The van der Waals surface area contributed by atoms with Crippen LogP contribution in [0.15, 0.2) is 24.4 Å². The molecular weight excluding hydrogens is 481 g/mol. The fraction of sp³-hybridized carbons (Fsp3) is 0.654. The number of hydrogen-bond acceptors (Lipinski definition) is 3. The van der Waals surface area contributed by atoms with E-state index in [9.17, 15) is 26.7 Å². The average Bonchev–Trinajstić information content (AvgIpc) is 3.39. The van der Waals surface area contributed by atoms with Crippen LogP contribution in [0.3, 0.4) is 0 Å². The minimum atomic E-state index is -4.14. The molecule has 1 aromatic heterocycles. The van der Waals surface area contributed by atoms with Gasteiger partial charge in [0.1, 0.15) is 5.75 Å². The van der Waals surface area contributed by atoms with E-state index in [0.29, 0.717) is 48.9 Å². The molecule has 1 saturated heterocycles. The van der Waals surface area contributed by atoms with Crippen molar-refractivity contribution in [2.75, 3.05) is 31.6 Å². The Morgan fingerprint density at radius 2 is 1.81 bits per heavy atom. The van der Waals surface area contributed by atoms with Gasteiger partial charge in [0.15, 0.2) is 0 Å². The maximum Gasteiger partial charge on any atom is 0.401 e. The topological polar surface area (TPSA) is 57.4 Å². The number of anilines is 1. The van der Waals surface area contributed by atoms with Gasteiger partial charge in [-0.05, 0) is 68.1 Å². The van der Waals surface area contributed by atoms with Gasteiger partial charge in [-0.2, -0.15) is 13.2 Å². The van der Waals surface area contributed by atoms with Crippen molar-refractivity contribution in [3.63, 3.8) is 0 Å². The number of ether oxygens (including phenoxy) is 1. The van der Waals surface area contributed by atoms with Crippen LogP contribution in [-0.2, 0) is 4.79 Å². The quantitative estimate of drug-likeness (QED) is 0.470. The van der Waals surface area contributed by atoms with E-state index in [4.69, 9.17) is 4.74 Å². The van der Waals surface area contributed by atoms with Gasteiger partial charge in [0.25, 0.3) is 5.92 Å². The Morgan fingerprint density at radius 1 is 1.11 bits per heavy atom. The van der Waals surface area contributed by atoms with E-state index in [1.807, 2.05) is 18.2 Å². The number of fused-ring (bicyclic) bond motifs is 3. The second kappa shape index (κ2) is 8.60. The number of amides is 1. The van der Waals surface area contributed by atoms with Crippen molar-refractivity contribution in [1.82, 2.24) is 9.88 Å². The number of aromatic nitrogens is 1. The summed E-state index contributed by atoms with van der Waals surface area (Å²) in [5, 5.41) is 3.70. The summed E-state index contributed by atoms with van der Waals surface area (Å²) in [5.41, 5.74) is 1.45. The van der Waals surface area contributed by atoms with E-state index in [1.54, 1.807) is 6.20 Å². The van der Waals surface area contributed by atoms with Crippen molar-refractivity contribution in [1.29, 1.82) is 0 Å². The number of hydrogen-bond donors (Lipinski definition) is 2. The van der Waals surface area contributed by atoms with Crippen LogP contribution in [0.25, 0.3) is 10.9 Å². The number of carbonyl (C=O) groups excluding carboxylic acids is 1. The largest absolute Gasteiger partial charge is 0.494 e. The maximum atomic E-state index is 13.4. The van der Waals surface area contributed by atoms with Crippen LogP contribution in [0.1, 0.15) is 32.1 Å². The molecule has 196 valence electrons. The molecule has 3 aliphatic carbocycles. The molecule has 2 N–H and O–H groups in total. The average molecular weight is 512 g/mol. The smallest absolute Gasteiger partial charge is 0.401 e. The zero-order valence-electron chi connectivity index (χ0n) is 19.8. The molecule has 0 radical (unpaired) electrons. The molecular formula is C26H30F5N3O2. The van der Waals surface area contributed by atoms with E-state index < -0.39 is 30.5 Å². The Kier molecular flexibility index (Phi) is 5.73. The standard InChI is InChI=1S/C26H30F5N3O2/c27-25(28,29)13-34-11-16-5-14(6-17(16)12-34)3-4-36-18-1-2-22-19(9-18)23(10-32-22)33-24(35)15-7-20-21(8-15)26(20,30)31/h1-2,9-10,14-17,20-21,32H,3-8,11-13H2,(H,33,35)/t14-,15?,16-,17+,20?,21?. The monoisotopic (exact) mass is 511 g/mol. The lowest BCUT2D eigenvalue weighted by atomic mass is 10.0. The highest BCUT2D eigenvalue weighted by Gasteiger charge is 2.72. The van der Waals surface area contributed by atoms with Crippen molar-refractivity contribution >= 4 is 22.5 Å². The van der Waals surface area contributed by atoms with Crippen LogP contribution >= 0.6 is 0 Å². The summed E-state index contributed by atoms with van der Waals surface area (Å²) in [4.78, 5) is 17.3. The fourth-order valence-electron chi connectivity index (χ4n) is 7.04. The van der Waals surface area contributed by atoms with Gasteiger partial charge in [0.05, 0.1) is 18.8 Å². The predicted octanol–water partition coefficient (Wildman–Crippen LogP) is 5.69.